The molecule has 0 aliphatic carbocycles. The van der Waals surface area contributed by atoms with Crippen LogP contribution >= 0.6 is 0 Å². The van der Waals surface area contributed by atoms with Gasteiger partial charge in [-0.15, -0.1) is 0 Å². The van der Waals surface area contributed by atoms with Crippen molar-refractivity contribution in [3.05, 3.63) is 42.0 Å². The molecule has 1 saturated heterocycles. The van der Waals surface area contributed by atoms with Gasteiger partial charge in [-0.25, -0.2) is 9.78 Å². The second-order valence-electron chi connectivity index (χ2n) is 7.40. The van der Waals surface area contributed by atoms with Crippen LogP contribution in [0, 0.1) is 0 Å². The lowest BCUT2D eigenvalue weighted by Gasteiger charge is -2.27. The zero-order valence-corrected chi connectivity index (χ0v) is 16.9. The van der Waals surface area contributed by atoms with Crippen LogP contribution in [0.2, 0.25) is 0 Å². The first-order valence-electron chi connectivity index (χ1n) is 9.83. The van der Waals surface area contributed by atoms with Crippen molar-refractivity contribution in [1.82, 2.24) is 9.88 Å². The fraction of sp³-hybridized carbons (Fsp3) is 0.455. The number of methoxy groups -OCH3 is 1. The van der Waals surface area contributed by atoms with Crippen molar-refractivity contribution >= 4 is 11.8 Å². The molecule has 2 aromatic rings. The molecule has 6 nitrogen and oxygen atoms in total. The van der Waals surface area contributed by atoms with Gasteiger partial charge in [0.25, 0.3) is 0 Å². The van der Waals surface area contributed by atoms with E-state index in [0.717, 1.165) is 43.1 Å². The van der Waals surface area contributed by atoms with E-state index in [1.807, 2.05) is 36.2 Å². The molecule has 1 aromatic heterocycles. The molecule has 150 valence electrons. The van der Waals surface area contributed by atoms with Crippen LogP contribution in [0.3, 0.4) is 0 Å². The summed E-state index contributed by atoms with van der Waals surface area (Å²) >= 11 is 0. The number of likely N-dealkylation sites (tertiary alicyclic amines) is 1. The van der Waals surface area contributed by atoms with Crippen molar-refractivity contribution < 1.29 is 14.6 Å². The molecule has 3 rings (SSSR count). The van der Waals surface area contributed by atoms with E-state index in [0.29, 0.717) is 11.9 Å². The molecule has 1 atom stereocenters. The zero-order valence-electron chi connectivity index (χ0n) is 16.9. The first-order valence-corrected chi connectivity index (χ1v) is 9.83. The molecule has 1 N–H and O–H groups in total. The fourth-order valence-electron chi connectivity index (χ4n) is 3.68. The van der Waals surface area contributed by atoms with E-state index < -0.39 is 5.97 Å². The third kappa shape index (κ3) is 4.62. The summed E-state index contributed by atoms with van der Waals surface area (Å²) in [4.78, 5) is 20.9. The van der Waals surface area contributed by atoms with Crippen molar-refractivity contribution in [1.29, 1.82) is 0 Å². The molecule has 1 fully saturated rings. The number of aromatic nitrogens is 1. The Labute approximate surface area is 166 Å². The van der Waals surface area contributed by atoms with Gasteiger partial charge in [0.05, 0.1) is 12.8 Å². The van der Waals surface area contributed by atoms with E-state index in [2.05, 4.69) is 16.8 Å². The van der Waals surface area contributed by atoms with Crippen LogP contribution in [0.25, 0.3) is 11.3 Å². The Kier molecular flexibility index (Phi) is 6.52. The number of carboxylic acids is 1. The largest absolute Gasteiger partial charge is 0.497 e. The van der Waals surface area contributed by atoms with Crippen molar-refractivity contribution in [3.63, 3.8) is 0 Å². The number of carboxylic acid groups (broad SMARTS) is 1. The number of anilines is 1. The number of ether oxygens (including phenoxy) is 1. The molecular weight excluding hydrogens is 354 g/mol. The zero-order chi connectivity index (χ0) is 20.1. The first kappa shape index (κ1) is 20.1. The first-order chi connectivity index (χ1) is 13.5. The van der Waals surface area contributed by atoms with Gasteiger partial charge in [-0.2, -0.15) is 0 Å². The summed E-state index contributed by atoms with van der Waals surface area (Å²) in [5.74, 6) is 0.330. The monoisotopic (exact) mass is 383 g/mol. The third-order valence-electron chi connectivity index (χ3n) is 5.50. The Morgan fingerprint density at radius 3 is 2.50 bits per heavy atom. The molecule has 6 heteroatoms. The predicted octanol–water partition coefficient (Wildman–Crippen LogP) is 3.77. The summed E-state index contributed by atoms with van der Waals surface area (Å²) in [5.41, 5.74) is 1.91. The minimum Gasteiger partial charge on any atom is -0.497 e. The lowest BCUT2D eigenvalue weighted by atomic mass is 10.1. The van der Waals surface area contributed by atoms with Crippen LogP contribution in [0.15, 0.2) is 36.4 Å². The summed E-state index contributed by atoms with van der Waals surface area (Å²) in [6, 6.07) is 11.5. The van der Waals surface area contributed by atoms with Crippen LogP contribution in [0.5, 0.6) is 5.75 Å². The van der Waals surface area contributed by atoms with Crippen LogP contribution in [-0.4, -0.2) is 60.8 Å². The maximum Gasteiger partial charge on any atom is 0.339 e. The summed E-state index contributed by atoms with van der Waals surface area (Å²) in [7, 11) is 3.55. The van der Waals surface area contributed by atoms with E-state index in [9.17, 15) is 9.90 Å². The number of benzene rings is 1. The highest BCUT2D eigenvalue weighted by Crippen LogP contribution is 2.26. The van der Waals surface area contributed by atoms with Crippen molar-refractivity contribution in [2.75, 3.05) is 38.7 Å². The maximum absolute atomic E-state index is 11.7. The summed E-state index contributed by atoms with van der Waals surface area (Å²) in [5, 5.41) is 9.60. The number of pyridine rings is 1. The maximum atomic E-state index is 11.7. The second kappa shape index (κ2) is 9.06. The molecule has 1 aliphatic heterocycles. The summed E-state index contributed by atoms with van der Waals surface area (Å²) in [6.45, 7) is 5.34. The Balaban J connectivity index is 1.79. The van der Waals surface area contributed by atoms with E-state index >= 15 is 0 Å². The smallest absolute Gasteiger partial charge is 0.339 e. The average molecular weight is 383 g/mol. The predicted molar refractivity (Wildman–Crippen MR) is 111 cm³/mol. The fourth-order valence-corrected chi connectivity index (χ4v) is 3.68. The van der Waals surface area contributed by atoms with Crippen LogP contribution in [0.4, 0.5) is 5.82 Å². The van der Waals surface area contributed by atoms with Crippen LogP contribution in [0.1, 0.15) is 36.5 Å². The van der Waals surface area contributed by atoms with Gasteiger partial charge in [-0.05, 0) is 75.7 Å². The molecular formula is C22H29N3O3. The number of rotatable bonds is 8. The average Bonchev–Trinajstić information content (AvgIpc) is 3.26. The molecule has 0 spiro atoms. The minimum atomic E-state index is -0.955. The highest BCUT2D eigenvalue weighted by atomic mass is 16.5. The lowest BCUT2D eigenvalue weighted by molar-refractivity contribution is 0.0697. The van der Waals surface area contributed by atoms with Gasteiger partial charge >= 0.3 is 5.97 Å². The quantitative estimate of drug-likeness (QED) is 0.749. The molecule has 0 amide bonds. The molecule has 1 unspecified atom stereocenters. The van der Waals surface area contributed by atoms with Crippen LogP contribution in [-0.2, 0) is 0 Å². The Hall–Kier alpha value is -2.60. The number of nitrogens with zero attached hydrogens (tertiary/aromatic N) is 3. The number of hydrogen-bond donors (Lipinski definition) is 1. The number of carbonyl (C=O) groups is 1. The third-order valence-corrected chi connectivity index (χ3v) is 5.50. The number of aromatic carboxylic acids is 1. The van der Waals surface area contributed by atoms with E-state index in [4.69, 9.17) is 4.74 Å². The Morgan fingerprint density at radius 2 is 1.89 bits per heavy atom. The normalized spacial score (nSPS) is 15.4. The Bertz CT molecular complexity index is 801. The number of hydrogen-bond acceptors (Lipinski definition) is 5. The van der Waals surface area contributed by atoms with E-state index in [-0.39, 0.29) is 5.56 Å². The standard InChI is InChI=1S/C22H29N3O3/c1-16(25-13-4-5-14-25)12-15-24(2)21-19(22(26)27)10-11-20(23-21)17-6-8-18(28-3)9-7-17/h6-11,16H,4-5,12-15H2,1-3H3,(H,26,27). The van der Waals surface area contributed by atoms with Crippen LogP contribution < -0.4 is 9.64 Å². The van der Waals surface area contributed by atoms with Gasteiger partial charge in [0, 0.05) is 25.2 Å². The SMILES string of the molecule is COc1ccc(-c2ccc(C(=O)O)c(N(C)CCC(C)N3CCCC3)n2)cc1. The molecule has 0 bridgehead atoms. The minimum absolute atomic E-state index is 0.230. The topological polar surface area (TPSA) is 65.9 Å². The van der Waals surface area contributed by atoms with E-state index in [1.54, 1.807) is 19.2 Å². The Morgan fingerprint density at radius 1 is 1.21 bits per heavy atom. The molecule has 28 heavy (non-hydrogen) atoms. The van der Waals surface area contributed by atoms with Crippen molar-refractivity contribution in [3.8, 4) is 17.0 Å². The highest BCUT2D eigenvalue weighted by molar-refractivity contribution is 5.94. The highest BCUT2D eigenvalue weighted by Gasteiger charge is 2.20. The van der Waals surface area contributed by atoms with Crippen molar-refractivity contribution in [2.24, 2.45) is 0 Å². The van der Waals surface area contributed by atoms with Crippen molar-refractivity contribution in [2.45, 2.75) is 32.2 Å². The lowest BCUT2D eigenvalue weighted by Crippen LogP contribution is -2.34. The van der Waals surface area contributed by atoms with Gasteiger partial charge in [-0.1, -0.05) is 0 Å². The van der Waals surface area contributed by atoms with E-state index in [1.165, 1.54) is 12.8 Å². The summed E-state index contributed by atoms with van der Waals surface area (Å²) < 4.78 is 5.20. The van der Waals surface area contributed by atoms with Gasteiger partial charge < -0.3 is 19.6 Å². The van der Waals surface area contributed by atoms with Gasteiger partial charge in [0.1, 0.15) is 17.1 Å². The second-order valence-corrected chi connectivity index (χ2v) is 7.40. The molecule has 1 aliphatic rings. The van der Waals surface area contributed by atoms with Gasteiger partial charge in [0.15, 0.2) is 0 Å². The molecule has 0 radical (unpaired) electrons. The van der Waals surface area contributed by atoms with Gasteiger partial charge in [-0.3, -0.25) is 0 Å². The molecule has 2 heterocycles. The summed E-state index contributed by atoms with van der Waals surface area (Å²) in [6.07, 6.45) is 3.52. The molecule has 1 aromatic carbocycles. The van der Waals surface area contributed by atoms with Gasteiger partial charge in [0.2, 0.25) is 0 Å². The molecule has 0 saturated carbocycles.